The summed E-state index contributed by atoms with van der Waals surface area (Å²) in [4.78, 5) is 8.21. The van der Waals surface area contributed by atoms with E-state index in [2.05, 4.69) is 27.5 Å². The average Bonchev–Trinajstić information content (AvgIpc) is 2.24. The lowest BCUT2D eigenvalue weighted by atomic mass is 10.3. The van der Waals surface area contributed by atoms with Crippen LogP contribution in [0, 0.1) is 0 Å². The Hall–Kier alpha value is -1.36. The Balaban J connectivity index is 2.50. The van der Waals surface area contributed by atoms with Crippen molar-refractivity contribution < 1.29 is 0 Å². The summed E-state index contributed by atoms with van der Waals surface area (Å²) in [6.45, 7) is 5.70. The van der Waals surface area contributed by atoms with Gasteiger partial charge in [0.15, 0.2) is 0 Å². The number of nitrogens with two attached hydrogens (primary N) is 1. The van der Waals surface area contributed by atoms with Gasteiger partial charge < -0.3 is 16.4 Å². The number of nitrogens with one attached hydrogen (secondary N) is 2. The normalized spacial score (nSPS) is 12.2. The molecule has 0 fully saturated rings. The third kappa shape index (κ3) is 4.60. The van der Waals surface area contributed by atoms with Crippen LogP contribution in [-0.4, -0.2) is 29.1 Å². The van der Waals surface area contributed by atoms with Gasteiger partial charge >= 0.3 is 0 Å². The van der Waals surface area contributed by atoms with Crippen LogP contribution in [0.25, 0.3) is 0 Å². The predicted octanol–water partition coefficient (Wildman–Crippen LogP) is 1.06. The summed E-state index contributed by atoms with van der Waals surface area (Å²) in [7, 11) is 0. The molecule has 1 aromatic rings. The van der Waals surface area contributed by atoms with E-state index in [9.17, 15) is 0 Å². The van der Waals surface area contributed by atoms with E-state index in [1.54, 1.807) is 6.33 Å². The Bertz CT molecular complexity index is 287. The second-order valence-corrected chi connectivity index (χ2v) is 3.57. The van der Waals surface area contributed by atoms with Crippen molar-refractivity contribution in [2.75, 3.05) is 23.7 Å². The lowest BCUT2D eigenvalue weighted by Crippen LogP contribution is -2.25. The first kappa shape index (κ1) is 11.7. The molecule has 0 radical (unpaired) electrons. The fourth-order valence-corrected chi connectivity index (χ4v) is 1.07. The SMILES string of the molecule is CCCNc1cc(NCC(C)N)ncn1. The van der Waals surface area contributed by atoms with Crippen LogP contribution in [-0.2, 0) is 0 Å². The number of anilines is 2. The molecule has 0 spiro atoms. The molecule has 1 unspecified atom stereocenters. The van der Waals surface area contributed by atoms with E-state index in [0.717, 1.165) is 24.6 Å². The van der Waals surface area contributed by atoms with Crippen LogP contribution < -0.4 is 16.4 Å². The molecule has 15 heavy (non-hydrogen) atoms. The van der Waals surface area contributed by atoms with Crippen molar-refractivity contribution in [1.82, 2.24) is 9.97 Å². The Kier molecular flexibility index (Phi) is 4.83. The summed E-state index contributed by atoms with van der Waals surface area (Å²) in [6.07, 6.45) is 2.62. The molecule has 4 N–H and O–H groups in total. The van der Waals surface area contributed by atoms with Crippen LogP contribution >= 0.6 is 0 Å². The van der Waals surface area contributed by atoms with Gasteiger partial charge in [0, 0.05) is 25.2 Å². The highest BCUT2D eigenvalue weighted by atomic mass is 15.1. The summed E-state index contributed by atoms with van der Waals surface area (Å²) >= 11 is 0. The second kappa shape index (κ2) is 6.19. The molecule has 0 amide bonds. The Morgan fingerprint density at radius 3 is 2.60 bits per heavy atom. The van der Waals surface area contributed by atoms with Crippen molar-refractivity contribution in [2.45, 2.75) is 26.3 Å². The van der Waals surface area contributed by atoms with Crippen LogP contribution in [0.4, 0.5) is 11.6 Å². The third-order valence-electron chi connectivity index (χ3n) is 1.83. The third-order valence-corrected chi connectivity index (χ3v) is 1.83. The number of hydrogen-bond acceptors (Lipinski definition) is 5. The number of nitrogens with zero attached hydrogens (tertiary/aromatic N) is 2. The lowest BCUT2D eigenvalue weighted by molar-refractivity contribution is 0.777. The first-order chi connectivity index (χ1) is 7.22. The highest BCUT2D eigenvalue weighted by Crippen LogP contribution is 2.07. The number of hydrogen-bond donors (Lipinski definition) is 3. The number of aromatic nitrogens is 2. The molecule has 0 aromatic carbocycles. The van der Waals surface area contributed by atoms with E-state index in [-0.39, 0.29) is 6.04 Å². The van der Waals surface area contributed by atoms with Crippen LogP contribution in [0.15, 0.2) is 12.4 Å². The van der Waals surface area contributed by atoms with Gasteiger partial charge in [-0.25, -0.2) is 9.97 Å². The highest BCUT2D eigenvalue weighted by molar-refractivity contribution is 5.46. The standard InChI is InChI=1S/C10H19N5/c1-3-4-12-9-5-10(15-7-14-9)13-6-8(2)11/h5,7-8H,3-4,6,11H2,1-2H3,(H2,12,13,14,15). The Morgan fingerprint density at radius 1 is 1.33 bits per heavy atom. The van der Waals surface area contributed by atoms with E-state index in [0.29, 0.717) is 6.54 Å². The molecule has 0 aliphatic carbocycles. The van der Waals surface area contributed by atoms with Crippen molar-refractivity contribution in [2.24, 2.45) is 5.73 Å². The fourth-order valence-electron chi connectivity index (χ4n) is 1.07. The highest BCUT2D eigenvalue weighted by Gasteiger charge is 1.98. The van der Waals surface area contributed by atoms with Crippen LogP contribution in [0.2, 0.25) is 0 Å². The van der Waals surface area contributed by atoms with Gasteiger partial charge in [-0.1, -0.05) is 6.92 Å². The largest absolute Gasteiger partial charge is 0.370 e. The molecule has 1 rings (SSSR count). The fraction of sp³-hybridized carbons (Fsp3) is 0.600. The van der Waals surface area contributed by atoms with E-state index in [1.807, 2.05) is 13.0 Å². The molecule has 5 heteroatoms. The van der Waals surface area contributed by atoms with E-state index in [1.165, 1.54) is 0 Å². The molecule has 1 atom stereocenters. The molecule has 0 saturated heterocycles. The summed E-state index contributed by atoms with van der Waals surface area (Å²) in [5, 5.41) is 6.34. The van der Waals surface area contributed by atoms with E-state index < -0.39 is 0 Å². The maximum absolute atomic E-state index is 5.64. The molecule has 0 saturated carbocycles. The van der Waals surface area contributed by atoms with Gasteiger partial charge in [0.1, 0.15) is 18.0 Å². The minimum Gasteiger partial charge on any atom is -0.370 e. The van der Waals surface area contributed by atoms with Gasteiger partial charge in [-0.15, -0.1) is 0 Å². The summed E-state index contributed by atoms with van der Waals surface area (Å²) in [5.41, 5.74) is 5.64. The molecule has 84 valence electrons. The topological polar surface area (TPSA) is 75.9 Å². The predicted molar refractivity (Wildman–Crippen MR) is 63.0 cm³/mol. The lowest BCUT2D eigenvalue weighted by Gasteiger charge is -2.09. The minimum atomic E-state index is 0.118. The van der Waals surface area contributed by atoms with Gasteiger partial charge in [-0.05, 0) is 13.3 Å². The van der Waals surface area contributed by atoms with E-state index >= 15 is 0 Å². The van der Waals surface area contributed by atoms with Gasteiger partial charge in [0.25, 0.3) is 0 Å². The number of rotatable bonds is 6. The molecular formula is C10H19N5. The zero-order chi connectivity index (χ0) is 11.1. The molecule has 0 aliphatic rings. The zero-order valence-corrected chi connectivity index (χ0v) is 9.33. The molecule has 1 aromatic heterocycles. The maximum atomic E-state index is 5.64. The average molecular weight is 209 g/mol. The second-order valence-electron chi connectivity index (χ2n) is 3.57. The first-order valence-corrected chi connectivity index (χ1v) is 5.27. The van der Waals surface area contributed by atoms with Crippen molar-refractivity contribution in [1.29, 1.82) is 0 Å². The maximum Gasteiger partial charge on any atom is 0.131 e. The zero-order valence-electron chi connectivity index (χ0n) is 9.33. The van der Waals surface area contributed by atoms with Crippen molar-refractivity contribution >= 4 is 11.6 Å². The van der Waals surface area contributed by atoms with Gasteiger partial charge in [0.2, 0.25) is 0 Å². The van der Waals surface area contributed by atoms with Crippen LogP contribution in [0.1, 0.15) is 20.3 Å². The quantitative estimate of drug-likeness (QED) is 0.653. The van der Waals surface area contributed by atoms with Crippen LogP contribution in [0.5, 0.6) is 0 Å². The van der Waals surface area contributed by atoms with Gasteiger partial charge in [-0.2, -0.15) is 0 Å². The minimum absolute atomic E-state index is 0.118. The summed E-state index contributed by atoms with van der Waals surface area (Å²) in [6, 6.07) is 2.00. The molecule has 0 bridgehead atoms. The molecule has 0 aliphatic heterocycles. The van der Waals surface area contributed by atoms with Gasteiger partial charge in [0.05, 0.1) is 0 Å². The van der Waals surface area contributed by atoms with Gasteiger partial charge in [-0.3, -0.25) is 0 Å². The van der Waals surface area contributed by atoms with Crippen molar-refractivity contribution in [3.05, 3.63) is 12.4 Å². The smallest absolute Gasteiger partial charge is 0.131 e. The summed E-state index contributed by atoms with van der Waals surface area (Å²) < 4.78 is 0. The van der Waals surface area contributed by atoms with Crippen LogP contribution in [0.3, 0.4) is 0 Å². The molecule has 5 nitrogen and oxygen atoms in total. The molecular weight excluding hydrogens is 190 g/mol. The first-order valence-electron chi connectivity index (χ1n) is 5.27. The Morgan fingerprint density at radius 2 is 2.00 bits per heavy atom. The summed E-state index contributed by atoms with van der Waals surface area (Å²) in [5.74, 6) is 1.65. The molecule has 1 heterocycles. The van der Waals surface area contributed by atoms with Crippen molar-refractivity contribution in [3.63, 3.8) is 0 Å². The Labute approximate surface area is 90.5 Å². The monoisotopic (exact) mass is 209 g/mol. The van der Waals surface area contributed by atoms with E-state index in [4.69, 9.17) is 5.73 Å². The van der Waals surface area contributed by atoms with Crippen molar-refractivity contribution in [3.8, 4) is 0 Å².